The van der Waals surface area contributed by atoms with Crippen molar-refractivity contribution >= 4 is 17.5 Å². The Morgan fingerprint density at radius 1 is 1.17 bits per heavy atom. The third-order valence-electron chi connectivity index (χ3n) is 3.32. The first-order valence-corrected chi connectivity index (χ1v) is 7.17. The Bertz CT molecular complexity index is 882. The largest absolute Gasteiger partial charge is 0.355 e. The molecule has 3 aromatic rings. The third kappa shape index (κ3) is 3.02. The molecule has 0 bridgehead atoms. The minimum absolute atomic E-state index is 0.112. The number of rotatable bonds is 4. The van der Waals surface area contributed by atoms with Crippen LogP contribution < -0.4 is 10.6 Å². The summed E-state index contributed by atoms with van der Waals surface area (Å²) in [7, 11) is 3.15. The molecule has 1 aromatic carbocycles. The topological polar surface area (TPSA) is 102 Å². The van der Waals surface area contributed by atoms with Crippen molar-refractivity contribution < 1.29 is 14.1 Å². The molecule has 8 nitrogen and oxygen atoms in total. The van der Waals surface area contributed by atoms with E-state index in [0.717, 1.165) is 5.56 Å². The fraction of sp³-hybridized carbons (Fsp3) is 0.125. The first-order valence-electron chi connectivity index (χ1n) is 7.17. The highest BCUT2D eigenvalue weighted by Gasteiger charge is 2.19. The van der Waals surface area contributed by atoms with Crippen LogP contribution in [0.4, 0.5) is 5.69 Å². The highest BCUT2D eigenvalue weighted by atomic mass is 16.5. The summed E-state index contributed by atoms with van der Waals surface area (Å²) in [5, 5.41) is 12.9. The second-order valence-corrected chi connectivity index (χ2v) is 5.04. The number of hydrogen-bond acceptors (Lipinski definition) is 5. The molecule has 0 spiro atoms. The first-order chi connectivity index (χ1) is 11.6. The number of nitrogens with one attached hydrogen (secondary N) is 2. The molecule has 0 radical (unpaired) electrons. The van der Waals surface area contributed by atoms with Crippen LogP contribution in [-0.2, 0) is 7.05 Å². The SMILES string of the molecule is CNC(=O)c1nn(C)cc1NC(=O)c1cc(-c2ccccc2)on1. The highest BCUT2D eigenvalue weighted by Crippen LogP contribution is 2.21. The van der Waals surface area contributed by atoms with Crippen molar-refractivity contribution in [2.75, 3.05) is 12.4 Å². The predicted molar refractivity (Wildman–Crippen MR) is 86.5 cm³/mol. The summed E-state index contributed by atoms with van der Waals surface area (Å²) in [6.07, 6.45) is 1.54. The van der Waals surface area contributed by atoms with Gasteiger partial charge in [0.2, 0.25) is 0 Å². The molecule has 0 aliphatic heterocycles. The predicted octanol–water partition coefficient (Wildman–Crippen LogP) is 1.69. The lowest BCUT2D eigenvalue weighted by molar-refractivity contribution is 0.0958. The van der Waals surface area contributed by atoms with Crippen molar-refractivity contribution in [1.82, 2.24) is 20.3 Å². The van der Waals surface area contributed by atoms with Crippen molar-refractivity contribution in [3.05, 3.63) is 54.0 Å². The van der Waals surface area contributed by atoms with Crippen LogP contribution in [0.5, 0.6) is 0 Å². The molecule has 2 N–H and O–H groups in total. The van der Waals surface area contributed by atoms with E-state index in [-0.39, 0.29) is 11.4 Å². The van der Waals surface area contributed by atoms with E-state index in [1.165, 1.54) is 11.7 Å². The standard InChI is InChI=1S/C16H15N5O3/c1-17-16(23)14-12(9-21(2)19-14)18-15(22)11-8-13(24-20-11)10-6-4-3-5-7-10/h3-9H,1-2H3,(H,17,23)(H,18,22). The van der Waals surface area contributed by atoms with Gasteiger partial charge in [0.1, 0.15) is 0 Å². The van der Waals surface area contributed by atoms with Gasteiger partial charge in [-0.2, -0.15) is 5.10 Å². The van der Waals surface area contributed by atoms with E-state index in [9.17, 15) is 9.59 Å². The Morgan fingerprint density at radius 2 is 1.92 bits per heavy atom. The van der Waals surface area contributed by atoms with E-state index in [2.05, 4.69) is 20.9 Å². The van der Waals surface area contributed by atoms with Crippen LogP contribution in [0.3, 0.4) is 0 Å². The van der Waals surface area contributed by atoms with Gasteiger partial charge in [0.25, 0.3) is 11.8 Å². The van der Waals surface area contributed by atoms with Gasteiger partial charge in [-0.3, -0.25) is 14.3 Å². The van der Waals surface area contributed by atoms with Gasteiger partial charge in [0.05, 0.1) is 5.69 Å². The van der Waals surface area contributed by atoms with Gasteiger partial charge < -0.3 is 15.2 Å². The monoisotopic (exact) mass is 325 g/mol. The zero-order valence-corrected chi connectivity index (χ0v) is 13.1. The second kappa shape index (κ2) is 6.37. The van der Waals surface area contributed by atoms with Crippen molar-refractivity contribution in [3.8, 4) is 11.3 Å². The molecule has 0 saturated heterocycles. The van der Waals surface area contributed by atoms with Gasteiger partial charge in [-0.25, -0.2) is 0 Å². The fourth-order valence-corrected chi connectivity index (χ4v) is 2.17. The van der Waals surface area contributed by atoms with Gasteiger partial charge in [0.15, 0.2) is 17.1 Å². The summed E-state index contributed by atoms with van der Waals surface area (Å²) >= 11 is 0. The van der Waals surface area contributed by atoms with Gasteiger partial charge in [-0.1, -0.05) is 35.5 Å². The number of hydrogen-bond donors (Lipinski definition) is 2. The molecular weight excluding hydrogens is 310 g/mol. The van der Waals surface area contributed by atoms with Crippen molar-refractivity contribution in [1.29, 1.82) is 0 Å². The molecule has 2 heterocycles. The Balaban J connectivity index is 1.82. The number of carbonyl (C=O) groups excluding carboxylic acids is 2. The van der Waals surface area contributed by atoms with E-state index in [4.69, 9.17) is 4.52 Å². The summed E-state index contributed by atoms with van der Waals surface area (Å²) < 4.78 is 6.65. The smallest absolute Gasteiger partial charge is 0.277 e. The van der Waals surface area contributed by atoms with Crippen LogP contribution in [0.15, 0.2) is 47.1 Å². The summed E-state index contributed by atoms with van der Waals surface area (Å²) in [6, 6.07) is 10.9. The minimum Gasteiger partial charge on any atom is -0.355 e. The lowest BCUT2D eigenvalue weighted by Gasteiger charge is -2.01. The average molecular weight is 325 g/mol. The molecule has 24 heavy (non-hydrogen) atoms. The molecule has 2 amide bonds. The number of nitrogens with zero attached hydrogens (tertiary/aromatic N) is 3. The molecule has 0 unspecified atom stereocenters. The van der Waals surface area contributed by atoms with Crippen LogP contribution in [0.25, 0.3) is 11.3 Å². The van der Waals surface area contributed by atoms with Crippen LogP contribution in [0.2, 0.25) is 0 Å². The van der Waals surface area contributed by atoms with E-state index in [1.54, 1.807) is 19.3 Å². The lowest BCUT2D eigenvalue weighted by atomic mass is 10.1. The Hall–Kier alpha value is -3.42. The number of carbonyl (C=O) groups is 2. The molecule has 0 saturated carbocycles. The van der Waals surface area contributed by atoms with Crippen LogP contribution in [0.1, 0.15) is 21.0 Å². The quantitative estimate of drug-likeness (QED) is 0.760. The van der Waals surface area contributed by atoms with Crippen LogP contribution in [-0.4, -0.2) is 33.8 Å². The molecular formula is C16H15N5O3. The number of benzene rings is 1. The van der Waals surface area contributed by atoms with Gasteiger partial charge in [-0.05, 0) is 0 Å². The lowest BCUT2D eigenvalue weighted by Crippen LogP contribution is -2.21. The zero-order chi connectivity index (χ0) is 17.1. The number of aryl methyl sites for hydroxylation is 1. The maximum absolute atomic E-state index is 12.3. The zero-order valence-electron chi connectivity index (χ0n) is 13.1. The Kier molecular flexibility index (Phi) is 4.11. The first kappa shape index (κ1) is 15.5. The maximum atomic E-state index is 12.3. The number of anilines is 1. The van der Waals surface area contributed by atoms with Crippen molar-refractivity contribution in [2.45, 2.75) is 0 Å². The normalized spacial score (nSPS) is 10.4. The molecule has 0 aliphatic rings. The molecule has 0 aliphatic carbocycles. The highest BCUT2D eigenvalue weighted by molar-refractivity contribution is 6.07. The number of aromatic nitrogens is 3. The summed E-state index contributed by atoms with van der Waals surface area (Å²) in [4.78, 5) is 24.1. The van der Waals surface area contributed by atoms with Crippen molar-refractivity contribution in [3.63, 3.8) is 0 Å². The van der Waals surface area contributed by atoms with Gasteiger partial charge >= 0.3 is 0 Å². The average Bonchev–Trinajstić information content (AvgIpc) is 3.22. The van der Waals surface area contributed by atoms with Crippen molar-refractivity contribution in [2.24, 2.45) is 7.05 Å². The van der Waals surface area contributed by atoms with Crippen LogP contribution in [0, 0.1) is 0 Å². The van der Waals surface area contributed by atoms with Gasteiger partial charge in [0, 0.05) is 31.9 Å². The van der Waals surface area contributed by atoms with E-state index in [0.29, 0.717) is 11.4 Å². The molecule has 3 rings (SSSR count). The number of amides is 2. The molecule has 122 valence electrons. The van der Waals surface area contributed by atoms with E-state index >= 15 is 0 Å². The second-order valence-electron chi connectivity index (χ2n) is 5.04. The third-order valence-corrected chi connectivity index (χ3v) is 3.32. The van der Waals surface area contributed by atoms with E-state index < -0.39 is 11.8 Å². The molecule has 0 atom stereocenters. The molecule has 8 heteroatoms. The molecule has 0 fully saturated rings. The van der Waals surface area contributed by atoms with E-state index in [1.807, 2.05) is 30.3 Å². The summed E-state index contributed by atoms with van der Waals surface area (Å²) in [5.74, 6) is -0.395. The summed E-state index contributed by atoms with van der Waals surface area (Å²) in [6.45, 7) is 0. The maximum Gasteiger partial charge on any atom is 0.277 e. The van der Waals surface area contributed by atoms with Gasteiger partial charge in [-0.15, -0.1) is 0 Å². The summed E-state index contributed by atoms with van der Waals surface area (Å²) in [5.41, 5.74) is 1.35. The Labute approximate surface area is 137 Å². The molecule has 2 aromatic heterocycles. The van der Waals surface area contributed by atoms with Crippen LogP contribution >= 0.6 is 0 Å². The fourth-order valence-electron chi connectivity index (χ4n) is 2.17. The minimum atomic E-state index is -0.487. The Morgan fingerprint density at radius 3 is 2.62 bits per heavy atom.